The van der Waals surface area contributed by atoms with E-state index in [0.717, 1.165) is 48.3 Å². The Morgan fingerprint density at radius 3 is 2.41 bits per heavy atom. The van der Waals surface area contributed by atoms with Gasteiger partial charge in [0.25, 0.3) is 11.5 Å². The number of para-hydroxylation sites is 1. The van der Waals surface area contributed by atoms with E-state index < -0.39 is 17.7 Å². The van der Waals surface area contributed by atoms with Gasteiger partial charge in [-0.1, -0.05) is 44.2 Å². The van der Waals surface area contributed by atoms with Crippen LogP contribution in [0.2, 0.25) is 0 Å². The predicted molar refractivity (Wildman–Crippen MR) is 188 cm³/mol. The fraction of sp³-hybridized carbons (Fsp3) is 0.243. The average Bonchev–Trinajstić information content (AvgIpc) is 3.53. The smallest absolute Gasteiger partial charge is 0.271 e. The van der Waals surface area contributed by atoms with Gasteiger partial charge in [0.1, 0.15) is 29.5 Å². The number of benzene rings is 2. The molecule has 0 saturated carbocycles. The van der Waals surface area contributed by atoms with Crippen LogP contribution in [-0.2, 0) is 0 Å². The summed E-state index contributed by atoms with van der Waals surface area (Å²) in [6, 6.07) is 22.1. The van der Waals surface area contributed by atoms with E-state index in [-0.39, 0.29) is 17.4 Å². The number of pyridine rings is 1. The van der Waals surface area contributed by atoms with Gasteiger partial charge in [-0.2, -0.15) is 5.10 Å². The van der Waals surface area contributed by atoms with Crippen LogP contribution in [0.5, 0.6) is 0 Å². The molecule has 4 aromatic heterocycles. The molecular weight excluding hydrogens is 618 g/mol. The van der Waals surface area contributed by atoms with Gasteiger partial charge in [0.15, 0.2) is 5.82 Å². The molecule has 1 saturated heterocycles. The number of nitrogen functional groups attached to an aromatic ring is 1. The maximum absolute atomic E-state index is 13.8. The van der Waals surface area contributed by atoms with Crippen LogP contribution < -0.4 is 16.6 Å². The molecule has 1 atom stereocenters. The van der Waals surface area contributed by atoms with E-state index >= 15 is 0 Å². The van der Waals surface area contributed by atoms with Crippen LogP contribution in [0.1, 0.15) is 48.7 Å². The Morgan fingerprint density at radius 1 is 0.959 bits per heavy atom. The molecule has 1 aliphatic heterocycles. The number of nitrogens with one attached hydrogen (secondary N) is 1. The first-order chi connectivity index (χ1) is 23.8. The van der Waals surface area contributed by atoms with E-state index in [4.69, 9.17) is 5.73 Å². The molecular formula is C37H37N9O3. The average molecular weight is 656 g/mol. The van der Waals surface area contributed by atoms with Gasteiger partial charge < -0.3 is 16.2 Å². The SMILES string of the molecule is CC(C)C(O)N1CCC(c2cc(-c3ccc(NC(=O)c4cnc(-c5cccnc5)n(-c5ccccc5)c4=O)cc3)c3c(N)ncnn23)CC1. The highest BCUT2D eigenvalue weighted by Crippen LogP contribution is 2.37. The molecule has 1 unspecified atom stereocenters. The fourth-order valence-corrected chi connectivity index (χ4v) is 6.54. The predicted octanol–water partition coefficient (Wildman–Crippen LogP) is 4.99. The van der Waals surface area contributed by atoms with E-state index in [1.165, 1.54) is 17.1 Å². The second kappa shape index (κ2) is 13.4. The van der Waals surface area contributed by atoms with Crippen LogP contribution >= 0.6 is 0 Å². The third-order valence-corrected chi connectivity index (χ3v) is 9.12. The Hall–Kier alpha value is -5.72. The number of aromatic nitrogens is 6. The lowest BCUT2D eigenvalue weighted by molar-refractivity contribution is -0.0419. The molecule has 0 bridgehead atoms. The number of aliphatic hydroxyl groups is 1. The van der Waals surface area contributed by atoms with Crippen molar-refractivity contribution in [3.8, 4) is 28.2 Å². The van der Waals surface area contributed by atoms with Crippen LogP contribution in [0, 0.1) is 5.92 Å². The van der Waals surface area contributed by atoms with Crippen molar-refractivity contribution in [1.29, 1.82) is 0 Å². The van der Waals surface area contributed by atoms with Crippen LogP contribution in [0.4, 0.5) is 11.5 Å². The zero-order valence-electron chi connectivity index (χ0n) is 27.3. The maximum atomic E-state index is 13.8. The monoisotopic (exact) mass is 655 g/mol. The van der Waals surface area contributed by atoms with Crippen molar-refractivity contribution < 1.29 is 9.90 Å². The second-order valence-electron chi connectivity index (χ2n) is 12.6. The Bertz CT molecular complexity index is 2160. The molecule has 248 valence electrons. The van der Waals surface area contributed by atoms with E-state index in [1.807, 2.05) is 54.8 Å². The number of hydrogen-bond acceptors (Lipinski definition) is 9. The Kier molecular flexibility index (Phi) is 8.72. The third kappa shape index (κ3) is 6.19. The van der Waals surface area contributed by atoms with E-state index in [2.05, 4.69) is 36.3 Å². The minimum atomic E-state index is -0.573. The highest BCUT2D eigenvalue weighted by molar-refractivity contribution is 6.04. The zero-order valence-corrected chi connectivity index (χ0v) is 27.3. The molecule has 0 radical (unpaired) electrons. The number of aliphatic hydroxyl groups excluding tert-OH is 1. The number of anilines is 2. The van der Waals surface area contributed by atoms with Gasteiger partial charge in [-0.3, -0.25) is 24.0 Å². The van der Waals surface area contributed by atoms with E-state index in [1.54, 1.807) is 42.7 Å². The van der Waals surface area contributed by atoms with Crippen molar-refractivity contribution in [1.82, 2.24) is 34.0 Å². The number of amides is 1. The molecule has 6 aromatic rings. The Balaban J connectivity index is 1.15. The zero-order chi connectivity index (χ0) is 34.1. The molecule has 1 aliphatic rings. The van der Waals surface area contributed by atoms with E-state index in [9.17, 15) is 14.7 Å². The standard InChI is InChI=1S/C37H37N9O3/c1-23(2)36(48)44-17-14-25(15-18-44)31-19-29(32-33(38)41-22-42-46(31)32)24-10-12-27(13-11-24)43-35(47)30-21-40-34(26-7-6-16-39-20-26)45(37(30)49)28-8-4-3-5-9-28/h3-13,16,19-23,25,36,48H,14-15,17-18H2,1-2H3,(H,43,47)(H2,38,41,42). The van der Waals surface area contributed by atoms with Crippen molar-refractivity contribution in [2.24, 2.45) is 5.92 Å². The van der Waals surface area contributed by atoms with Crippen LogP contribution in [0.15, 0.2) is 103 Å². The molecule has 5 heterocycles. The first-order valence-electron chi connectivity index (χ1n) is 16.3. The van der Waals surface area contributed by atoms with Gasteiger partial charge in [0.2, 0.25) is 0 Å². The number of carbonyl (C=O) groups excluding carboxylic acids is 1. The van der Waals surface area contributed by atoms with Crippen molar-refractivity contribution in [3.63, 3.8) is 0 Å². The highest BCUT2D eigenvalue weighted by Gasteiger charge is 2.29. The minimum absolute atomic E-state index is 0.0967. The number of nitrogens with two attached hydrogens (primary N) is 1. The lowest BCUT2D eigenvalue weighted by Crippen LogP contribution is -2.43. The van der Waals surface area contributed by atoms with Crippen LogP contribution in [0.3, 0.4) is 0 Å². The van der Waals surface area contributed by atoms with Crippen molar-refractivity contribution in [2.75, 3.05) is 24.1 Å². The van der Waals surface area contributed by atoms with Crippen molar-refractivity contribution in [2.45, 2.75) is 38.8 Å². The normalized spacial score (nSPS) is 14.7. The van der Waals surface area contributed by atoms with Crippen LogP contribution in [-0.4, -0.2) is 64.4 Å². The van der Waals surface area contributed by atoms with Crippen molar-refractivity contribution in [3.05, 3.63) is 119 Å². The largest absolute Gasteiger partial charge is 0.382 e. The molecule has 4 N–H and O–H groups in total. The lowest BCUT2D eigenvalue weighted by Gasteiger charge is -2.36. The van der Waals surface area contributed by atoms with Gasteiger partial charge in [0.05, 0.1) is 5.69 Å². The van der Waals surface area contributed by atoms with E-state index in [0.29, 0.717) is 28.6 Å². The molecule has 12 nitrogen and oxygen atoms in total. The number of nitrogens with zero attached hydrogens (tertiary/aromatic N) is 7. The number of likely N-dealkylation sites (tertiary alicyclic amines) is 1. The summed E-state index contributed by atoms with van der Waals surface area (Å²) >= 11 is 0. The molecule has 0 aliphatic carbocycles. The second-order valence-corrected chi connectivity index (χ2v) is 12.6. The topological polar surface area (TPSA) is 157 Å². The summed E-state index contributed by atoms with van der Waals surface area (Å²) in [5.74, 6) is 0.586. The quantitative estimate of drug-likeness (QED) is 0.206. The van der Waals surface area contributed by atoms with Gasteiger partial charge in [-0.05, 0) is 66.8 Å². The van der Waals surface area contributed by atoms with Crippen LogP contribution in [0.25, 0.3) is 33.7 Å². The summed E-state index contributed by atoms with van der Waals surface area (Å²) in [6.45, 7) is 5.64. The molecule has 1 amide bonds. The summed E-state index contributed by atoms with van der Waals surface area (Å²) in [4.78, 5) is 42.4. The summed E-state index contributed by atoms with van der Waals surface area (Å²) < 4.78 is 3.31. The minimum Gasteiger partial charge on any atom is -0.382 e. The molecule has 49 heavy (non-hydrogen) atoms. The summed E-state index contributed by atoms with van der Waals surface area (Å²) in [7, 11) is 0. The molecule has 2 aromatic carbocycles. The van der Waals surface area contributed by atoms with Crippen molar-refractivity contribution >= 4 is 22.9 Å². The summed E-state index contributed by atoms with van der Waals surface area (Å²) in [5.41, 5.74) is 11.1. The van der Waals surface area contributed by atoms with Gasteiger partial charge in [-0.25, -0.2) is 14.5 Å². The molecule has 0 spiro atoms. The maximum Gasteiger partial charge on any atom is 0.271 e. The number of rotatable bonds is 8. The number of fused-ring (bicyclic) bond motifs is 1. The number of piperidine rings is 1. The van der Waals surface area contributed by atoms with Gasteiger partial charge >= 0.3 is 0 Å². The summed E-state index contributed by atoms with van der Waals surface area (Å²) in [6.07, 6.45) is 7.36. The molecule has 1 fully saturated rings. The lowest BCUT2D eigenvalue weighted by atomic mass is 9.92. The molecule has 12 heteroatoms. The number of carbonyl (C=O) groups is 1. The third-order valence-electron chi connectivity index (χ3n) is 9.12. The van der Waals surface area contributed by atoms with Gasteiger partial charge in [-0.15, -0.1) is 0 Å². The molecule has 7 rings (SSSR count). The van der Waals surface area contributed by atoms with Gasteiger partial charge in [0, 0.05) is 60.1 Å². The fourth-order valence-electron chi connectivity index (χ4n) is 6.54. The summed E-state index contributed by atoms with van der Waals surface area (Å²) in [5, 5.41) is 18.0. The number of hydrogen-bond donors (Lipinski definition) is 3. The first kappa shape index (κ1) is 31.9. The Morgan fingerprint density at radius 2 is 1.71 bits per heavy atom. The Labute approximate surface area is 282 Å². The first-order valence-corrected chi connectivity index (χ1v) is 16.3. The highest BCUT2D eigenvalue weighted by atomic mass is 16.3.